The van der Waals surface area contributed by atoms with Crippen molar-refractivity contribution in [1.29, 1.82) is 0 Å². The number of hydrogen-bond acceptors (Lipinski definition) is 6. The highest BCUT2D eigenvalue weighted by atomic mass is 16.6. The van der Waals surface area contributed by atoms with Gasteiger partial charge in [0.2, 0.25) is 0 Å². The highest BCUT2D eigenvalue weighted by molar-refractivity contribution is 5.71. The van der Waals surface area contributed by atoms with Crippen LogP contribution in [0.1, 0.15) is 303 Å². The molecule has 0 aromatic carbocycles. The molecule has 0 aromatic heterocycles. The predicted molar refractivity (Wildman–Crippen MR) is 343 cm³/mol. The zero-order chi connectivity index (χ0) is 57.1. The zero-order valence-electron chi connectivity index (χ0n) is 51.6. The van der Waals surface area contributed by atoms with Gasteiger partial charge in [-0.3, -0.25) is 14.4 Å². The van der Waals surface area contributed by atoms with Crippen molar-refractivity contribution in [2.45, 2.75) is 309 Å². The molecule has 0 aliphatic rings. The van der Waals surface area contributed by atoms with Gasteiger partial charge in [-0.15, -0.1) is 0 Å². The first-order valence-corrected chi connectivity index (χ1v) is 33.0. The van der Waals surface area contributed by atoms with Gasteiger partial charge >= 0.3 is 17.9 Å². The third-order valence-corrected chi connectivity index (χ3v) is 14.0. The summed E-state index contributed by atoms with van der Waals surface area (Å²) in [6.07, 6.45) is 92.3. The van der Waals surface area contributed by atoms with Crippen molar-refractivity contribution in [3.63, 3.8) is 0 Å². The Hall–Kier alpha value is -4.19. The summed E-state index contributed by atoms with van der Waals surface area (Å²) in [5, 5.41) is 0. The van der Waals surface area contributed by atoms with E-state index in [1.807, 2.05) is 0 Å². The van der Waals surface area contributed by atoms with Crippen LogP contribution in [0.2, 0.25) is 0 Å². The van der Waals surface area contributed by atoms with Gasteiger partial charge < -0.3 is 14.2 Å². The van der Waals surface area contributed by atoms with E-state index >= 15 is 0 Å². The predicted octanol–water partition coefficient (Wildman–Crippen LogP) is 22.8. The van der Waals surface area contributed by atoms with Crippen LogP contribution in [0.15, 0.2) is 122 Å². The molecule has 6 nitrogen and oxygen atoms in total. The molecule has 0 rings (SSSR count). The highest BCUT2D eigenvalue weighted by Gasteiger charge is 2.19. The summed E-state index contributed by atoms with van der Waals surface area (Å²) in [7, 11) is 0. The maximum Gasteiger partial charge on any atom is 0.306 e. The van der Waals surface area contributed by atoms with E-state index in [1.54, 1.807) is 0 Å². The Labute approximate surface area is 488 Å². The standard InChI is InChI=1S/C73H122O6/c1-4-7-10-13-16-19-21-23-25-27-29-30-31-32-33-34-35-36-37-38-39-40-41-42-43-44-45-47-48-50-52-54-57-60-63-66-72(75)78-69-70(68-77-71(74)65-62-59-56-18-15-12-9-6-3)79-73(76)67-64-61-58-55-53-51-49-46-28-26-24-22-20-17-14-11-8-5-2/h7,10,16,19-20,22-23,25-26,28-30,32-33,35-36,38-39,41-42,70H,4-6,8-9,11-15,17-18,21,24,27,31,34,37,40,43-69H2,1-3H3/b10-7-,19-16-,22-20-,25-23-,28-26-,30-29-,33-32-,36-35-,39-38-,42-41-. The largest absolute Gasteiger partial charge is 0.462 e. The number of carbonyl (C=O) groups excluding carboxylic acids is 3. The molecule has 0 fully saturated rings. The smallest absolute Gasteiger partial charge is 0.306 e. The van der Waals surface area contributed by atoms with Gasteiger partial charge in [-0.25, -0.2) is 0 Å². The molecule has 6 heteroatoms. The lowest BCUT2D eigenvalue weighted by atomic mass is 10.1. The molecular formula is C73H122O6. The van der Waals surface area contributed by atoms with E-state index in [4.69, 9.17) is 14.2 Å². The third-order valence-electron chi connectivity index (χ3n) is 14.0. The van der Waals surface area contributed by atoms with Crippen molar-refractivity contribution < 1.29 is 28.6 Å². The number of hydrogen-bond donors (Lipinski definition) is 0. The molecule has 0 aromatic rings. The summed E-state index contributed by atoms with van der Waals surface area (Å²) < 4.78 is 16.9. The summed E-state index contributed by atoms with van der Waals surface area (Å²) in [6, 6.07) is 0. The quantitative estimate of drug-likeness (QED) is 0.0261. The van der Waals surface area contributed by atoms with Gasteiger partial charge in [0.15, 0.2) is 6.10 Å². The second-order valence-electron chi connectivity index (χ2n) is 21.6. The maximum atomic E-state index is 12.9. The number of rotatable bonds is 59. The molecule has 1 unspecified atom stereocenters. The van der Waals surface area contributed by atoms with E-state index in [9.17, 15) is 14.4 Å². The van der Waals surface area contributed by atoms with Gasteiger partial charge in [0.25, 0.3) is 0 Å². The van der Waals surface area contributed by atoms with Crippen molar-refractivity contribution in [3.05, 3.63) is 122 Å². The molecule has 1 atom stereocenters. The van der Waals surface area contributed by atoms with Gasteiger partial charge in [0.1, 0.15) is 13.2 Å². The lowest BCUT2D eigenvalue weighted by Gasteiger charge is -2.18. The minimum atomic E-state index is -0.783. The maximum absolute atomic E-state index is 12.9. The number of esters is 3. The van der Waals surface area contributed by atoms with Crippen molar-refractivity contribution in [3.8, 4) is 0 Å². The fourth-order valence-electron chi connectivity index (χ4n) is 9.02. The molecular weight excluding hydrogens is 973 g/mol. The lowest BCUT2D eigenvalue weighted by molar-refractivity contribution is -0.167. The Morgan fingerprint density at radius 1 is 0.266 bits per heavy atom. The van der Waals surface area contributed by atoms with Crippen LogP contribution in [0.5, 0.6) is 0 Å². The molecule has 450 valence electrons. The molecule has 0 saturated carbocycles. The Kier molecular flexibility index (Phi) is 62.8. The fraction of sp³-hybridized carbons (Fsp3) is 0.685. The Bertz CT molecular complexity index is 1640. The van der Waals surface area contributed by atoms with E-state index in [-0.39, 0.29) is 31.1 Å². The van der Waals surface area contributed by atoms with Gasteiger partial charge in [-0.1, -0.05) is 290 Å². The van der Waals surface area contributed by atoms with Crippen molar-refractivity contribution in [1.82, 2.24) is 0 Å². The molecule has 79 heavy (non-hydrogen) atoms. The first-order valence-electron chi connectivity index (χ1n) is 33.0. The Morgan fingerprint density at radius 3 is 0.785 bits per heavy atom. The number of allylic oxidation sites excluding steroid dienone is 20. The van der Waals surface area contributed by atoms with Crippen molar-refractivity contribution in [2.24, 2.45) is 0 Å². The zero-order valence-corrected chi connectivity index (χ0v) is 51.6. The minimum Gasteiger partial charge on any atom is -0.462 e. The SMILES string of the molecule is CC/C=C\C/C=C\C/C=C\C/C=C\C/C=C\C/C=C\C/C=C\C/C=C\CCCCCCCCCCCCC(=O)OCC(COC(=O)CCCCCCCCCC)OC(=O)CCCCCCCCC/C=C\C/C=C\CCCCCC. The molecule has 0 radical (unpaired) electrons. The average Bonchev–Trinajstić information content (AvgIpc) is 3.45. The van der Waals surface area contributed by atoms with Crippen molar-refractivity contribution in [2.75, 3.05) is 13.2 Å². The van der Waals surface area contributed by atoms with Crippen LogP contribution >= 0.6 is 0 Å². The monoisotopic (exact) mass is 1090 g/mol. The number of carbonyl (C=O) groups is 3. The molecule has 0 bridgehead atoms. The van der Waals surface area contributed by atoms with E-state index in [2.05, 4.69) is 142 Å². The summed E-state index contributed by atoms with van der Waals surface area (Å²) in [5.41, 5.74) is 0. The summed E-state index contributed by atoms with van der Waals surface area (Å²) in [4.78, 5) is 38.1. The molecule has 0 amide bonds. The molecule has 0 aliphatic carbocycles. The molecule has 0 N–H and O–H groups in total. The van der Waals surface area contributed by atoms with Gasteiger partial charge in [0.05, 0.1) is 0 Å². The Balaban J connectivity index is 4.14. The van der Waals surface area contributed by atoms with Crippen LogP contribution in [-0.2, 0) is 28.6 Å². The van der Waals surface area contributed by atoms with E-state index in [0.29, 0.717) is 19.3 Å². The number of ether oxygens (including phenoxy) is 3. The first kappa shape index (κ1) is 74.8. The topological polar surface area (TPSA) is 78.9 Å². The lowest BCUT2D eigenvalue weighted by Crippen LogP contribution is -2.30. The third kappa shape index (κ3) is 64.5. The van der Waals surface area contributed by atoms with Crippen LogP contribution < -0.4 is 0 Å². The van der Waals surface area contributed by atoms with Crippen LogP contribution in [0, 0.1) is 0 Å². The van der Waals surface area contributed by atoms with Crippen LogP contribution in [0.3, 0.4) is 0 Å². The molecule has 0 aliphatic heterocycles. The molecule has 0 heterocycles. The average molecular weight is 1100 g/mol. The van der Waals surface area contributed by atoms with E-state index in [1.165, 1.54) is 141 Å². The molecule has 0 saturated heterocycles. The molecule has 0 spiro atoms. The second kappa shape index (κ2) is 66.3. The minimum absolute atomic E-state index is 0.0813. The van der Waals surface area contributed by atoms with Crippen LogP contribution in [0.4, 0.5) is 0 Å². The first-order chi connectivity index (χ1) is 39.0. The van der Waals surface area contributed by atoms with E-state index in [0.717, 1.165) is 122 Å². The number of unbranched alkanes of at least 4 members (excludes halogenated alkanes) is 28. The second-order valence-corrected chi connectivity index (χ2v) is 21.6. The highest BCUT2D eigenvalue weighted by Crippen LogP contribution is 2.16. The normalized spacial score (nSPS) is 12.9. The van der Waals surface area contributed by atoms with Gasteiger partial charge in [-0.05, 0) is 116 Å². The van der Waals surface area contributed by atoms with Crippen LogP contribution in [-0.4, -0.2) is 37.2 Å². The summed E-state index contributed by atoms with van der Waals surface area (Å²) >= 11 is 0. The van der Waals surface area contributed by atoms with Crippen LogP contribution in [0.25, 0.3) is 0 Å². The Morgan fingerprint density at radius 2 is 0.494 bits per heavy atom. The van der Waals surface area contributed by atoms with Gasteiger partial charge in [-0.2, -0.15) is 0 Å². The van der Waals surface area contributed by atoms with Gasteiger partial charge in [0, 0.05) is 19.3 Å². The fourth-order valence-corrected chi connectivity index (χ4v) is 9.02. The summed E-state index contributed by atoms with van der Waals surface area (Å²) in [5.74, 6) is -0.893. The van der Waals surface area contributed by atoms with Crippen molar-refractivity contribution >= 4 is 17.9 Å². The van der Waals surface area contributed by atoms with E-state index < -0.39 is 6.10 Å². The summed E-state index contributed by atoms with van der Waals surface area (Å²) in [6.45, 7) is 6.48.